The third-order valence-electron chi connectivity index (χ3n) is 2.97. The minimum atomic E-state index is 0.304. The smallest absolute Gasteiger partial charge is 0.230 e. The number of benzene rings is 1. The van der Waals surface area contributed by atoms with Crippen LogP contribution in [0.2, 0.25) is 0 Å². The molecule has 0 fully saturated rings. The van der Waals surface area contributed by atoms with Gasteiger partial charge >= 0.3 is 0 Å². The zero-order chi connectivity index (χ0) is 13.4. The van der Waals surface area contributed by atoms with Crippen LogP contribution in [0, 0.1) is 6.92 Å². The van der Waals surface area contributed by atoms with Crippen LogP contribution in [0.1, 0.15) is 5.76 Å². The van der Waals surface area contributed by atoms with E-state index in [4.69, 9.17) is 14.7 Å². The second-order valence-electron chi connectivity index (χ2n) is 4.17. The Morgan fingerprint density at radius 3 is 2.53 bits per heavy atom. The van der Waals surface area contributed by atoms with E-state index in [0.717, 1.165) is 26.9 Å². The molecule has 2 heterocycles. The summed E-state index contributed by atoms with van der Waals surface area (Å²) in [6, 6.07) is 9.69. The lowest BCUT2D eigenvalue weighted by molar-refractivity contribution is 0.439. The van der Waals surface area contributed by atoms with Gasteiger partial charge in [0.25, 0.3) is 0 Å². The van der Waals surface area contributed by atoms with Gasteiger partial charge in [0.2, 0.25) is 5.88 Å². The summed E-state index contributed by atoms with van der Waals surface area (Å²) >= 11 is 3.41. The zero-order valence-corrected chi connectivity index (χ0v) is 11.8. The highest BCUT2D eigenvalue weighted by atomic mass is 79.9. The van der Waals surface area contributed by atoms with E-state index in [1.807, 2.05) is 37.3 Å². The number of anilines is 1. The van der Waals surface area contributed by atoms with E-state index in [0.29, 0.717) is 11.6 Å². The first kappa shape index (κ1) is 12.0. The van der Waals surface area contributed by atoms with Crippen LogP contribution in [0.15, 0.2) is 50.0 Å². The van der Waals surface area contributed by atoms with E-state index < -0.39 is 0 Å². The molecule has 0 saturated carbocycles. The van der Waals surface area contributed by atoms with E-state index in [2.05, 4.69) is 21.1 Å². The highest BCUT2D eigenvalue weighted by Crippen LogP contribution is 2.37. The van der Waals surface area contributed by atoms with Crippen molar-refractivity contribution in [2.24, 2.45) is 0 Å². The minimum Gasteiger partial charge on any atom is -0.469 e. The van der Waals surface area contributed by atoms with Gasteiger partial charge in [-0.25, -0.2) is 0 Å². The Morgan fingerprint density at radius 2 is 1.89 bits per heavy atom. The van der Waals surface area contributed by atoms with E-state index >= 15 is 0 Å². The maximum atomic E-state index is 5.90. The third kappa shape index (κ3) is 2.06. The molecule has 0 radical (unpaired) electrons. The first-order chi connectivity index (χ1) is 9.16. The summed E-state index contributed by atoms with van der Waals surface area (Å²) < 4.78 is 11.4. The van der Waals surface area contributed by atoms with Gasteiger partial charge < -0.3 is 14.7 Å². The molecular weight excluding hydrogens is 308 g/mol. The molecule has 96 valence electrons. The molecule has 0 aliphatic heterocycles. The van der Waals surface area contributed by atoms with Crippen LogP contribution in [0.4, 0.5) is 5.88 Å². The predicted molar refractivity (Wildman–Crippen MR) is 76.5 cm³/mol. The van der Waals surface area contributed by atoms with Crippen LogP contribution in [0.25, 0.3) is 22.4 Å². The first-order valence-electron chi connectivity index (χ1n) is 5.72. The van der Waals surface area contributed by atoms with Crippen LogP contribution in [0.3, 0.4) is 0 Å². The molecule has 3 rings (SSSR count). The average molecular weight is 319 g/mol. The Kier molecular flexibility index (Phi) is 2.91. The highest BCUT2D eigenvalue weighted by Gasteiger charge is 2.19. The molecule has 1 aromatic carbocycles. The summed E-state index contributed by atoms with van der Waals surface area (Å²) in [5.41, 5.74) is 9.23. The van der Waals surface area contributed by atoms with Gasteiger partial charge in [-0.15, -0.1) is 0 Å². The van der Waals surface area contributed by atoms with Crippen molar-refractivity contribution < 1.29 is 8.94 Å². The largest absolute Gasteiger partial charge is 0.469 e. The minimum absolute atomic E-state index is 0.304. The first-order valence-corrected chi connectivity index (χ1v) is 6.51. The van der Waals surface area contributed by atoms with Crippen LogP contribution < -0.4 is 5.73 Å². The standard InChI is InChI=1S/C14H11BrN2O2/c1-8-11(6-7-18-8)13-12(14(16)19-17-13)9-2-4-10(15)5-3-9/h2-7H,16H2,1H3. The number of aryl methyl sites for hydroxylation is 1. The molecule has 19 heavy (non-hydrogen) atoms. The van der Waals surface area contributed by atoms with Gasteiger partial charge in [0.15, 0.2) is 0 Å². The fourth-order valence-electron chi connectivity index (χ4n) is 2.01. The van der Waals surface area contributed by atoms with Gasteiger partial charge in [0, 0.05) is 10.0 Å². The molecule has 0 amide bonds. The molecule has 0 aliphatic carbocycles. The molecule has 2 aromatic heterocycles. The second-order valence-corrected chi connectivity index (χ2v) is 5.08. The van der Waals surface area contributed by atoms with Crippen molar-refractivity contribution in [3.63, 3.8) is 0 Å². The second kappa shape index (κ2) is 4.59. The molecular formula is C14H11BrN2O2. The molecule has 0 unspecified atom stereocenters. The molecule has 5 heteroatoms. The quantitative estimate of drug-likeness (QED) is 0.766. The maximum Gasteiger partial charge on any atom is 0.230 e. The molecule has 0 bridgehead atoms. The fourth-order valence-corrected chi connectivity index (χ4v) is 2.28. The van der Waals surface area contributed by atoms with Crippen molar-refractivity contribution >= 4 is 21.8 Å². The van der Waals surface area contributed by atoms with E-state index in [-0.39, 0.29) is 0 Å². The van der Waals surface area contributed by atoms with Gasteiger partial charge in [-0.2, -0.15) is 0 Å². The predicted octanol–water partition coefficient (Wildman–Crippen LogP) is 4.25. The molecule has 0 saturated heterocycles. The van der Waals surface area contributed by atoms with Crippen molar-refractivity contribution in [2.75, 3.05) is 5.73 Å². The van der Waals surface area contributed by atoms with Crippen molar-refractivity contribution in [1.29, 1.82) is 0 Å². The number of furan rings is 1. The van der Waals surface area contributed by atoms with Crippen LogP contribution in [-0.4, -0.2) is 5.16 Å². The Morgan fingerprint density at radius 1 is 1.16 bits per heavy atom. The number of nitrogens with two attached hydrogens (primary N) is 1. The maximum absolute atomic E-state index is 5.90. The van der Waals surface area contributed by atoms with Crippen molar-refractivity contribution in [2.45, 2.75) is 6.92 Å². The Labute approximate surface area is 118 Å². The van der Waals surface area contributed by atoms with Crippen LogP contribution in [0.5, 0.6) is 0 Å². The molecule has 2 N–H and O–H groups in total. The van der Waals surface area contributed by atoms with E-state index in [1.165, 1.54) is 0 Å². The summed E-state index contributed by atoms with van der Waals surface area (Å²) in [5.74, 6) is 1.09. The topological polar surface area (TPSA) is 65.2 Å². The monoisotopic (exact) mass is 318 g/mol. The number of hydrogen-bond donors (Lipinski definition) is 1. The van der Waals surface area contributed by atoms with E-state index in [1.54, 1.807) is 6.26 Å². The molecule has 4 nitrogen and oxygen atoms in total. The summed E-state index contributed by atoms with van der Waals surface area (Å²) in [5, 5.41) is 4.05. The van der Waals surface area contributed by atoms with Crippen molar-refractivity contribution in [3.8, 4) is 22.4 Å². The Hall–Kier alpha value is -2.01. The van der Waals surface area contributed by atoms with Crippen LogP contribution in [-0.2, 0) is 0 Å². The lowest BCUT2D eigenvalue weighted by Gasteiger charge is -2.02. The summed E-state index contributed by atoms with van der Waals surface area (Å²) in [7, 11) is 0. The summed E-state index contributed by atoms with van der Waals surface area (Å²) in [6.07, 6.45) is 1.63. The molecule has 0 aliphatic rings. The number of rotatable bonds is 2. The van der Waals surface area contributed by atoms with Gasteiger partial charge in [-0.1, -0.05) is 33.2 Å². The van der Waals surface area contributed by atoms with Gasteiger partial charge in [0.05, 0.1) is 11.8 Å². The molecule has 0 atom stereocenters. The lowest BCUT2D eigenvalue weighted by Crippen LogP contribution is -1.87. The van der Waals surface area contributed by atoms with E-state index in [9.17, 15) is 0 Å². The number of nitrogens with zero attached hydrogens (tertiary/aromatic N) is 1. The third-order valence-corrected chi connectivity index (χ3v) is 3.49. The number of hydrogen-bond acceptors (Lipinski definition) is 4. The van der Waals surface area contributed by atoms with Crippen molar-refractivity contribution in [1.82, 2.24) is 5.16 Å². The Balaban J connectivity index is 2.19. The average Bonchev–Trinajstić information content (AvgIpc) is 2.97. The number of aromatic nitrogens is 1. The molecule has 0 spiro atoms. The lowest BCUT2D eigenvalue weighted by atomic mass is 10.0. The summed E-state index contributed by atoms with van der Waals surface area (Å²) in [4.78, 5) is 0. The summed E-state index contributed by atoms with van der Waals surface area (Å²) in [6.45, 7) is 1.88. The van der Waals surface area contributed by atoms with Crippen molar-refractivity contribution in [3.05, 3.63) is 46.8 Å². The van der Waals surface area contributed by atoms with Gasteiger partial charge in [0.1, 0.15) is 11.5 Å². The normalized spacial score (nSPS) is 10.8. The van der Waals surface area contributed by atoms with Gasteiger partial charge in [-0.3, -0.25) is 0 Å². The number of halogens is 1. The fraction of sp³-hybridized carbons (Fsp3) is 0.0714. The highest BCUT2D eigenvalue weighted by molar-refractivity contribution is 9.10. The Bertz CT molecular complexity index is 713. The number of nitrogen functional groups attached to an aromatic ring is 1. The molecule has 3 aromatic rings. The SMILES string of the molecule is Cc1occc1-c1noc(N)c1-c1ccc(Br)cc1. The van der Waals surface area contributed by atoms with Gasteiger partial charge in [-0.05, 0) is 30.7 Å². The zero-order valence-electron chi connectivity index (χ0n) is 10.2. The van der Waals surface area contributed by atoms with Crippen LogP contribution >= 0.6 is 15.9 Å².